The Morgan fingerprint density at radius 2 is 1.65 bits per heavy atom. The Labute approximate surface area is 142 Å². The van der Waals surface area contributed by atoms with Crippen molar-refractivity contribution in [3.8, 4) is 10.4 Å². The van der Waals surface area contributed by atoms with Crippen LogP contribution in [0.25, 0.3) is 10.4 Å². The molecular formula is C18H17NO2S2. The van der Waals surface area contributed by atoms with Crippen molar-refractivity contribution in [2.45, 2.75) is 18.1 Å². The second-order valence-electron chi connectivity index (χ2n) is 5.19. The summed E-state index contributed by atoms with van der Waals surface area (Å²) in [7, 11) is -0.988. The number of hydrogen-bond donors (Lipinski definition) is 1. The summed E-state index contributed by atoms with van der Waals surface area (Å²) in [5.41, 5.74) is 3.02. The second-order valence-corrected chi connectivity index (χ2v) is 7.76. The van der Waals surface area contributed by atoms with Gasteiger partial charge in [0.05, 0.1) is 17.2 Å². The molecule has 0 aliphatic rings. The van der Waals surface area contributed by atoms with Gasteiger partial charge in [-0.1, -0.05) is 54.6 Å². The second kappa shape index (κ2) is 7.64. The predicted molar refractivity (Wildman–Crippen MR) is 95.5 cm³/mol. The fourth-order valence-corrected chi connectivity index (χ4v) is 4.59. The highest BCUT2D eigenvalue weighted by atomic mass is 32.2. The van der Waals surface area contributed by atoms with Crippen LogP contribution in [0.1, 0.15) is 16.1 Å². The Bertz CT molecular complexity index is 782. The molecule has 1 N–H and O–H groups in total. The maximum Gasteiger partial charge on any atom is 0.106 e. The SMILES string of the molecule is O=S(Cc1ccc(CO)cc1)Cc1ncc(-c2ccccc2)s1. The van der Waals surface area contributed by atoms with Gasteiger partial charge in [-0.2, -0.15) is 0 Å². The Morgan fingerprint density at radius 3 is 2.35 bits per heavy atom. The van der Waals surface area contributed by atoms with Crippen molar-refractivity contribution in [2.75, 3.05) is 0 Å². The minimum absolute atomic E-state index is 0.0325. The summed E-state index contributed by atoms with van der Waals surface area (Å²) in [5.74, 6) is 0.977. The van der Waals surface area contributed by atoms with Crippen LogP contribution in [0.15, 0.2) is 60.8 Å². The van der Waals surface area contributed by atoms with E-state index in [-0.39, 0.29) is 6.61 Å². The molecule has 0 amide bonds. The van der Waals surface area contributed by atoms with Crippen molar-refractivity contribution in [1.82, 2.24) is 4.98 Å². The van der Waals surface area contributed by atoms with Crippen LogP contribution in [0.3, 0.4) is 0 Å². The topological polar surface area (TPSA) is 50.2 Å². The van der Waals surface area contributed by atoms with Gasteiger partial charge in [-0.05, 0) is 16.7 Å². The van der Waals surface area contributed by atoms with E-state index in [0.717, 1.165) is 26.6 Å². The van der Waals surface area contributed by atoms with Gasteiger partial charge in [0.1, 0.15) is 5.01 Å². The maximum absolute atomic E-state index is 12.3. The average Bonchev–Trinajstić information content (AvgIpc) is 3.04. The number of hydrogen-bond acceptors (Lipinski definition) is 4. The summed E-state index contributed by atoms with van der Waals surface area (Å²) in [4.78, 5) is 5.50. The summed E-state index contributed by atoms with van der Waals surface area (Å²) in [6.07, 6.45) is 1.85. The van der Waals surface area contributed by atoms with Gasteiger partial charge < -0.3 is 5.11 Å². The van der Waals surface area contributed by atoms with Crippen molar-refractivity contribution < 1.29 is 9.32 Å². The Kier molecular flexibility index (Phi) is 5.33. The summed E-state index contributed by atoms with van der Waals surface area (Å²) in [6, 6.07) is 17.7. The first-order valence-electron chi connectivity index (χ1n) is 7.28. The number of aromatic nitrogens is 1. The molecular weight excluding hydrogens is 326 g/mol. The molecule has 3 nitrogen and oxygen atoms in total. The van der Waals surface area contributed by atoms with E-state index in [1.54, 1.807) is 11.3 Å². The van der Waals surface area contributed by atoms with Gasteiger partial charge in [0.15, 0.2) is 0 Å². The zero-order chi connectivity index (χ0) is 16.1. The van der Waals surface area contributed by atoms with Crippen molar-refractivity contribution in [1.29, 1.82) is 0 Å². The molecule has 1 unspecified atom stereocenters. The molecule has 5 heteroatoms. The van der Waals surface area contributed by atoms with Crippen molar-refractivity contribution in [3.63, 3.8) is 0 Å². The Morgan fingerprint density at radius 1 is 0.957 bits per heavy atom. The first kappa shape index (κ1) is 16.1. The van der Waals surface area contributed by atoms with Gasteiger partial charge in [-0.3, -0.25) is 4.21 Å². The molecule has 0 fully saturated rings. The van der Waals surface area contributed by atoms with Gasteiger partial charge in [0.25, 0.3) is 0 Å². The molecule has 23 heavy (non-hydrogen) atoms. The number of thiazole rings is 1. The van der Waals surface area contributed by atoms with E-state index in [4.69, 9.17) is 5.11 Å². The minimum Gasteiger partial charge on any atom is -0.392 e. The largest absolute Gasteiger partial charge is 0.392 e. The fourth-order valence-electron chi connectivity index (χ4n) is 2.23. The van der Waals surface area contributed by atoms with Gasteiger partial charge >= 0.3 is 0 Å². The number of nitrogens with zero attached hydrogens (tertiary/aromatic N) is 1. The van der Waals surface area contributed by atoms with E-state index in [1.165, 1.54) is 0 Å². The summed E-state index contributed by atoms with van der Waals surface area (Å²) in [5, 5.41) is 9.93. The molecule has 118 valence electrons. The normalized spacial score (nSPS) is 12.2. The molecule has 1 aromatic heterocycles. The zero-order valence-electron chi connectivity index (χ0n) is 12.5. The monoisotopic (exact) mass is 343 g/mol. The first-order valence-corrected chi connectivity index (χ1v) is 9.59. The molecule has 3 aromatic rings. The fraction of sp³-hybridized carbons (Fsp3) is 0.167. The van der Waals surface area contributed by atoms with E-state index in [1.807, 2.05) is 48.7 Å². The molecule has 2 aromatic carbocycles. The van der Waals surface area contributed by atoms with Crippen LogP contribution in [-0.2, 0) is 28.9 Å². The standard InChI is InChI=1S/C18H17NO2S2/c20-11-14-6-8-15(9-7-14)12-23(21)13-18-19-10-17(22-18)16-4-2-1-3-5-16/h1-10,20H,11-13H2. The van der Waals surface area contributed by atoms with E-state index < -0.39 is 10.8 Å². The number of benzene rings is 2. The lowest BCUT2D eigenvalue weighted by atomic mass is 10.2. The third kappa shape index (κ3) is 4.34. The van der Waals surface area contributed by atoms with Crippen molar-refractivity contribution in [3.05, 3.63) is 76.9 Å². The molecule has 0 spiro atoms. The number of aliphatic hydroxyl groups is 1. The van der Waals surface area contributed by atoms with Crippen LogP contribution in [0.5, 0.6) is 0 Å². The molecule has 1 heterocycles. The number of rotatable bonds is 6. The quantitative estimate of drug-likeness (QED) is 0.741. The van der Waals surface area contributed by atoms with Crippen LogP contribution in [-0.4, -0.2) is 14.3 Å². The highest BCUT2D eigenvalue weighted by Gasteiger charge is 2.09. The Balaban J connectivity index is 1.63. The molecule has 0 saturated carbocycles. The lowest BCUT2D eigenvalue weighted by Crippen LogP contribution is -1.99. The molecule has 1 atom stereocenters. The van der Waals surface area contributed by atoms with Crippen LogP contribution in [0, 0.1) is 0 Å². The molecule has 3 rings (SSSR count). The first-order chi connectivity index (χ1) is 11.2. The summed E-state index contributed by atoms with van der Waals surface area (Å²) in [6.45, 7) is 0.0325. The number of aliphatic hydroxyl groups excluding tert-OH is 1. The third-order valence-corrected chi connectivity index (χ3v) is 5.91. The van der Waals surface area contributed by atoms with Gasteiger partial charge in [0, 0.05) is 22.7 Å². The van der Waals surface area contributed by atoms with Crippen LogP contribution in [0.4, 0.5) is 0 Å². The Hall–Kier alpha value is -1.82. The zero-order valence-corrected chi connectivity index (χ0v) is 14.1. The van der Waals surface area contributed by atoms with E-state index in [2.05, 4.69) is 17.1 Å². The lowest BCUT2D eigenvalue weighted by Gasteiger charge is -2.02. The van der Waals surface area contributed by atoms with Crippen LogP contribution >= 0.6 is 11.3 Å². The molecule has 0 radical (unpaired) electrons. The minimum atomic E-state index is -0.988. The summed E-state index contributed by atoms with van der Waals surface area (Å²) < 4.78 is 12.3. The lowest BCUT2D eigenvalue weighted by molar-refractivity contribution is 0.282. The molecule has 0 aliphatic heterocycles. The van der Waals surface area contributed by atoms with E-state index in [9.17, 15) is 4.21 Å². The van der Waals surface area contributed by atoms with E-state index >= 15 is 0 Å². The van der Waals surface area contributed by atoms with Gasteiger partial charge in [0.2, 0.25) is 0 Å². The highest BCUT2D eigenvalue weighted by Crippen LogP contribution is 2.26. The molecule has 0 bridgehead atoms. The average molecular weight is 343 g/mol. The van der Waals surface area contributed by atoms with E-state index in [0.29, 0.717) is 11.5 Å². The summed E-state index contributed by atoms with van der Waals surface area (Å²) >= 11 is 1.59. The smallest absolute Gasteiger partial charge is 0.106 e. The predicted octanol–water partition coefficient (Wildman–Crippen LogP) is 3.75. The van der Waals surface area contributed by atoms with Crippen LogP contribution < -0.4 is 0 Å². The molecule has 0 aliphatic carbocycles. The molecule has 0 saturated heterocycles. The maximum atomic E-state index is 12.3. The van der Waals surface area contributed by atoms with Gasteiger partial charge in [-0.25, -0.2) is 4.98 Å². The highest BCUT2D eigenvalue weighted by molar-refractivity contribution is 7.83. The van der Waals surface area contributed by atoms with Crippen molar-refractivity contribution >= 4 is 22.1 Å². The third-order valence-electron chi connectivity index (χ3n) is 3.43. The van der Waals surface area contributed by atoms with Crippen LogP contribution in [0.2, 0.25) is 0 Å². The van der Waals surface area contributed by atoms with Crippen molar-refractivity contribution in [2.24, 2.45) is 0 Å². The van der Waals surface area contributed by atoms with Gasteiger partial charge in [-0.15, -0.1) is 11.3 Å².